The second-order valence-corrected chi connectivity index (χ2v) is 8.68. The Balaban J connectivity index is 1.38. The monoisotopic (exact) mass is 464 g/mol. The molecular weight excluding hydrogens is 445 g/mol. The number of thiazole rings is 1. The molecule has 0 unspecified atom stereocenters. The van der Waals surface area contributed by atoms with Crippen LogP contribution in [0.25, 0.3) is 0 Å². The van der Waals surface area contributed by atoms with Crippen LogP contribution in [-0.4, -0.2) is 47.0 Å². The van der Waals surface area contributed by atoms with Crippen molar-refractivity contribution in [2.24, 2.45) is 0 Å². The molecule has 5 nitrogen and oxygen atoms in total. The van der Waals surface area contributed by atoms with E-state index in [0.29, 0.717) is 43.3 Å². The molecule has 1 fully saturated rings. The minimum Gasteiger partial charge on any atom is -0.353 e. The van der Waals surface area contributed by atoms with E-state index < -0.39 is 11.7 Å². The van der Waals surface area contributed by atoms with Gasteiger partial charge >= 0.3 is 6.18 Å². The van der Waals surface area contributed by atoms with Gasteiger partial charge in [0.15, 0.2) is 0 Å². The molecule has 4 rings (SSSR count). The van der Waals surface area contributed by atoms with Crippen LogP contribution >= 0.6 is 23.1 Å². The Kier molecular flexibility index (Phi) is 6.47. The molecule has 2 aromatic heterocycles. The van der Waals surface area contributed by atoms with E-state index >= 15 is 0 Å². The Bertz CT molecular complexity index is 1020. The van der Waals surface area contributed by atoms with Crippen LogP contribution in [0.1, 0.15) is 21.6 Å². The van der Waals surface area contributed by atoms with Crippen molar-refractivity contribution in [2.75, 3.05) is 31.1 Å². The van der Waals surface area contributed by atoms with E-state index in [1.165, 1.54) is 6.07 Å². The van der Waals surface area contributed by atoms with Gasteiger partial charge < -0.3 is 9.80 Å². The average molecular weight is 465 g/mol. The molecule has 3 aromatic rings. The highest BCUT2D eigenvalue weighted by Gasteiger charge is 2.31. The zero-order chi connectivity index (χ0) is 21.8. The number of halogens is 3. The third kappa shape index (κ3) is 5.19. The number of amides is 1. The maximum atomic E-state index is 13.1. The van der Waals surface area contributed by atoms with Gasteiger partial charge in [0.2, 0.25) is 0 Å². The molecule has 1 aliphatic rings. The Morgan fingerprint density at radius 3 is 2.48 bits per heavy atom. The molecule has 0 atom stereocenters. The van der Waals surface area contributed by atoms with E-state index in [2.05, 4.69) is 9.97 Å². The molecule has 0 N–H and O–H groups in total. The maximum Gasteiger partial charge on any atom is 0.417 e. The maximum absolute atomic E-state index is 13.1. The topological polar surface area (TPSA) is 49.3 Å². The highest BCUT2D eigenvalue weighted by Crippen LogP contribution is 2.30. The third-order valence-electron chi connectivity index (χ3n) is 4.94. The second-order valence-electron chi connectivity index (χ2n) is 6.95. The highest BCUT2D eigenvalue weighted by atomic mass is 32.2. The molecule has 1 amide bonds. The van der Waals surface area contributed by atoms with Crippen LogP contribution in [0.5, 0.6) is 0 Å². The van der Waals surface area contributed by atoms with E-state index in [4.69, 9.17) is 0 Å². The van der Waals surface area contributed by atoms with Crippen molar-refractivity contribution < 1.29 is 18.0 Å². The molecule has 0 radical (unpaired) electrons. The number of piperazine rings is 1. The number of aromatic nitrogens is 2. The molecule has 0 aliphatic carbocycles. The molecule has 1 aliphatic heterocycles. The van der Waals surface area contributed by atoms with Gasteiger partial charge in [0, 0.05) is 48.4 Å². The van der Waals surface area contributed by atoms with Crippen LogP contribution in [0, 0.1) is 0 Å². The largest absolute Gasteiger partial charge is 0.417 e. The Morgan fingerprint density at radius 1 is 1.06 bits per heavy atom. The molecule has 10 heteroatoms. The number of alkyl halides is 3. The van der Waals surface area contributed by atoms with E-state index in [0.717, 1.165) is 22.9 Å². The summed E-state index contributed by atoms with van der Waals surface area (Å²) in [5.41, 5.74) is 2.66. The molecule has 0 spiro atoms. The summed E-state index contributed by atoms with van der Waals surface area (Å²) in [6, 6.07) is 9.94. The second kappa shape index (κ2) is 9.27. The highest BCUT2D eigenvalue weighted by molar-refractivity contribution is 7.98. The predicted octanol–water partition coefficient (Wildman–Crippen LogP) is 4.81. The summed E-state index contributed by atoms with van der Waals surface area (Å²) >= 11 is 3.13. The minimum atomic E-state index is -4.40. The SMILES string of the molecule is O=C(c1ccccc1SCc1cscn1)N1CCN(c2ccc(C(F)(F)F)cn2)CC1. The average Bonchev–Trinajstić information content (AvgIpc) is 3.31. The van der Waals surface area contributed by atoms with Gasteiger partial charge in [-0.2, -0.15) is 13.2 Å². The number of thioether (sulfide) groups is 1. The van der Waals surface area contributed by atoms with Gasteiger partial charge in [-0.25, -0.2) is 9.97 Å². The van der Waals surface area contributed by atoms with Crippen molar-refractivity contribution in [2.45, 2.75) is 16.8 Å². The summed E-state index contributed by atoms with van der Waals surface area (Å²) in [5.74, 6) is 1.14. The van der Waals surface area contributed by atoms with Crippen LogP contribution < -0.4 is 4.90 Å². The first kappa shape index (κ1) is 21.6. The zero-order valence-corrected chi connectivity index (χ0v) is 18.0. The molecule has 1 saturated heterocycles. The molecule has 1 aromatic carbocycles. The quantitative estimate of drug-likeness (QED) is 0.507. The summed E-state index contributed by atoms with van der Waals surface area (Å²) in [5, 5.41) is 1.99. The first-order valence-electron chi connectivity index (χ1n) is 9.58. The summed E-state index contributed by atoms with van der Waals surface area (Å²) < 4.78 is 38.2. The fourth-order valence-corrected chi connectivity index (χ4v) is 4.89. The van der Waals surface area contributed by atoms with Crippen LogP contribution in [0.2, 0.25) is 0 Å². The lowest BCUT2D eigenvalue weighted by Gasteiger charge is -2.35. The Labute approximate surface area is 185 Å². The fraction of sp³-hybridized carbons (Fsp3) is 0.286. The van der Waals surface area contributed by atoms with E-state index in [1.807, 2.05) is 34.5 Å². The van der Waals surface area contributed by atoms with Crippen LogP contribution in [-0.2, 0) is 11.9 Å². The number of hydrogen-bond acceptors (Lipinski definition) is 6. The predicted molar refractivity (Wildman–Crippen MR) is 115 cm³/mol. The number of anilines is 1. The van der Waals surface area contributed by atoms with Gasteiger partial charge in [-0.05, 0) is 24.3 Å². The van der Waals surface area contributed by atoms with Crippen molar-refractivity contribution in [3.05, 3.63) is 70.3 Å². The van der Waals surface area contributed by atoms with Gasteiger partial charge in [-0.15, -0.1) is 23.1 Å². The number of carbonyl (C=O) groups is 1. The van der Waals surface area contributed by atoms with Crippen LogP contribution in [0.4, 0.5) is 19.0 Å². The van der Waals surface area contributed by atoms with Crippen LogP contribution in [0.3, 0.4) is 0 Å². The summed E-state index contributed by atoms with van der Waals surface area (Å²) in [6.07, 6.45) is -3.55. The van der Waals surface area contributed by atoms with Crippen molar-refractivity contribution in [1.29, 1.82) is 0 Å². The number of nitrogens with zero attached hydrogens (tertiary/aromatic N) is 4. The first-order valence-corrected chi connectivity index (χ1v) is 11.5. The van der Waals surface area contributed by atoms with Crippen molar-refractivity contribution in [3.8, 4) is 0 Å². The molecular formula is C21H19F3N4OS2. The minimum absolute atomic E-state index is 0.0404. The van der Waals surface area contributed by atoms with Gasteiger partial charge in [-0.3, -0.25) is 4.79 Å². The van der Waals surface area contributed by atoms with E-state index in [-0.39, 0.29) is 5.91 Å². The molecule has 3 heterocycles. The Hall–Kier alpha value is -2.59. The van der Waals surface area contributed by atoms with Crippen molar-refractivity contribution in [1.82, 2.24) is 14.9 Å². The van der Waals surface area contributed by atoms with Gasteiger partial charge in [0.25, 0.3) is 5.91 Å². The lowest BCUT2D eigenvalue weighted by atomic mass is 10.1. The number of rotatable bonds is 5. The van der Waals surface area contributed by atoms with Gasteiger partial charge in [0.05, 0.1) is 22.3 Å². The third-order valence-corrected chi connectivity index (χ3v) is 6.68. The Morgan fingerprint density at radius 2 is 1.84 bits per heavy atom. The lowest BCUT2D eigenvalue weighted by molar-refractivity contribution is -0.137. The van der Waals surface area contributed by atoms with E-state index in [1.54, 1.807) is 33.5 Å². The summed E-state index contributed by atoms with van der Waals surface area (Å²) in [4.78, 5) is 25.9. The summed E-state index contributed by atoms with van der Waals surface area (Å²) in [7, 11) is 0. The van der Waals surface area contributed by atoms with Crippen LogP contribution in [0.15, 0.2) is 58.4 Å². The smallest absolute Gasteiger partial charge is 0.353 e. The number of pyridine rings is 1. The summed E-state index contributed by atoms with van der Waals surface area (Å²) in [6.45, 7) is 1.98. The lowest BCUT2D eigenvalue weighted by Crippen LogP contribution is -2.49. The number of carbonyl (C=O) groups excluding carboxylic acids is 1. The number of hydrogen-bond donors (Lipinski definition) is 0. The normalized spacial score (nSPS) is 14.7. The first-order chi connectivity index (χ1) is 14.9. The fourth-order valence-electron chi connectivity index (χ4n) is 3.28. The van der Waals surface area contributed by atoms with Gasteiger partial charge in [0.1, 0.15) is 5.82 Å². The van der Waals surface area contributed by atoms with E-state index in [9.17, 15) is 18.0 Å². The molecule has 0 saturated carbocycles. The molecule has 0 bridgehead atoms. The van der Waals surface area contributed by atoms with Crippen molar-refractivity contribution in [3.63, 3.8) is 0 Å². The number of benzene rings is 1. The van der Waals surface area contributed by atoms with Gasteiger partial charge in [-0.1, -0.05) is 12.1 Å². The standard InChI is InChI=1S/C21H19F3N4OS2/c22-21(23,24)15-5-6-19(25-11-15)27-7-9-28(10-8-27)20(29)17-3-1-2-4-18(17)31-13-16-12-30-14-26-16/h1-6,11-12,14H,7-10,13H2. The van der Waals surface area contributed by atoms with Crippen molar-refractivity contribution >= 4 is 34.8 Å². The molecule has 31 heavy (non-hydrogen) atoms. The molecule has 162 valence electrons. The zero-order valence-electron chi connectivity index (χ0n) is 16.4.